The maximum atomic E-state index is 12.2. The van der Waals surface area contributed by atoms with Crippen LogP contribution in [0.2, 0.25) is 49.9 Å². The minimum absolute atomic E-state index is 0.271. The standard InChI is InChI=1S/C42H78O6Si3/c1-27(2)49(28(3)4,29(5)6)45-26-40-41(48-51(33(13)14,34(15)16)35(17)18)39(47-50(30(7)8,31(9)10)32(11)12)25-38(46-40)24-36-20-22-37(23-21-36)42(43)44-19/h20-23,25,27-35,39-41H,24,26H2,1-19H3/t39-,40-,41-/m1/s1. The molecular formula is C42H78O6Si3. The molecule has 0 saturated heterocycles. The van der Waals surface area contributed by atoms with Gasteiger partial charge in [0.05, 0.1) is 31.1 Å². The maximum absolute atomic E-state index is 12.2. The summed E-state index contributed by atoms with van der Waals surface area (Å²) in [6.45, 7) is 42.9. The minimum atomic E-state index is -2.37. The minimum Gasteiger partial charge on any atom is -0.490 e. The zero-order valence-corrected chi connectivity index (χ0v) is 39.2. The molecule has 2 rings (SSSR count). The van der Waals surface area contributed by atoms with E-state index in [4.69, 9.17) is 22.8 Å². The number of rotatable bonds is 19. The molecule has 9 heteroatoms. The van der Waals surface area contributed by atoms with Crippen molar-refractivity contribution in [2.24, 2.45) is 0 Å². The van der Waals surface area contributed by atoms with E-state index in [1.807, 2.05) is 24.3 Å². The first kappa shape index (κ1) is 45.9. The van der Waals surface area contributed by atoms with Crippen molar-refractivity contribution in [3.8, 4) is 0 Å². The Balaban J connectivity index is 2.89. The number of allylic oxidation sites excluding steroid dienone is 1. The van der Waals surface area contributed by atoms with Crippen molar-refractivity contribution in [1.82, 2.24) is 0 Å². The van der Waals surface area contributed by atoms with Gasteiger partial charge in [0.1, 0.15) is 12.2 Å². The first-order valence-corrected chi connectivity index (χ1v) is 26.5. The van der Waals surface area contributed by atoms with Crippen LogP contribution in [0.4, 0.5) is 0 Å². The van der Waals surface area contributed by atoms with Crippen LogP contribution in [0.15, 0.2) is 36.1 Å². The lowest BCUT2D eigenvalue weighted by Crippen LogP contribution is -2.61. The molecule has 1 aliphatic heterocycles. The van der Waals surface area contributed by atoms with Crippen molar-refractivity contribution < 1.29 is 27.5 Å². The molecule has 0 aliphatic carbocycles. The predicted octanol–water partition coefficient (Wildman–Crippen LogP) is 12.6. The van der Waals surface area contributed by atoms with Crippen LogP contribution in [0, 0.1) is 0 Å². The van der Waals surface area contributed by atoms with E-state index in [1.165, 1.54) is 7.11 Å². The number of esters is 1. The Hall–Kier alpha value is -1.24. The van der Waals surface area contributed by atoms with Crippen molar-refractivity contribution in [2.45, 2.75) is 199 Å². The second-order valence-corrected chi connectivity index (χ2v) is 34.4. The largest absolute Gasteiger partial charge is 0.490 e. The smallest absolute Gasteiger partial charge is 0.337 e. The molecule has 0 spiro atoms. The second-order valence-electron chi connectivity index (χ2n) is 18.1. The third-order valence-corrected chi connectivity index (χ3v) is 30.7. The summed E-state index contributed by atoms with van der Waals surface area (Å²) in [6, 6.07) is 7.67. The van der Waals surface area contributed by atoms with Gasteiger partial charge in [0.15, 0.2) is 0 Å². The molecule has 1 aromatic rings. The average Bonchev–Trinajstić information content (AvgIpc) is 3.01. The molecule has 0 radical (unpaired) electrons. The number of ether oxygens (including phenoxy) is 2. The van der Waals surface area contributed by atoms with Crippen LogP contribution in [-0.2, 0) is 29.2 Å². The lowest BCUT2D eigenvalue weighted by atomic mass is 10.0. The fourth-order valence-electron chi connectivity index (χ4n) is 10.4. The van der Waals surface area contributed by atoms with Gasteiger partial charge < -0.3 is 22.8 Å². The van der Waals surface area contributed by atoms with E-state index in [0.717, 1.165) is 11.3 Å². The van der Waals surface area contributed by atoms with Crippen LogP contribution in [-0.4, -0.2) is 63.0 Å². The topological polar surface area (TPSA) is 63.2 Å². The lowest BCUT2D eigenvalue weighted by molar-refractivity contribution is -0.0820. The highest BCUT2D eigenvalue weighted by molar-refractivity contribution is 6.78. The maximum Gasteiger partial charge on any atom is 0.337 e. The molecule has 0 N–H and O–H groups in total. The molecule has 0 saturated carbocycles. The fourth-order valence-corrected chi connectivity index (χ4v) is 26.9. The van der Waals surface area contributed by atoms with Gasteiger partial charge in [-0.1, -0.05) is 137 Å². The van der Waals surface area contributed by atoms with Gasteiger partial charge in [-0.05, 0) is 73.6 Å². The van der Waals surface area contributed by atoms with Crippen molar-refractivity contribution in [3.63, 3.8) is 0 Å². The van der Waals surface area contributed by atoms with Crippen molar-refractivity contribution >= 4 is 30.9 Å². The van der Waals surface area contributed by atoms with Crippen LogP contribution < -0.4 is 0 Å². The summed E-state index contributed by atoms with van der Waals surface area (Å²) in [7, 11) is -5.54. The van der Waals surface area contributed by atoms with Gasteiger partial charge >= 0.3 is 5.97 Å². The Morgan fingerprint density at radius 2 is 1.00 bits per heavy atom. The zero-order chi connectivity index (χ0) is 39.2. The first-order valence-electron chi connectivity index (χ1n) is 20.1. The van der Waals surface area contributed by atoms with Gasteiger partial charge in [-0.15, -0.1) is 0 Å². The molecular weight excluding hydrogens is 685 g/mol. The third-order valence-electron chi connectivity index (χ3n) is 12.4. The highest BCUT2D eigenvalue weighted by atomic mass is 28.4. The predicted molar refractivity (Wildman–Crippen MR) is 223 cm³/mol. The highest BCUT2D eigenvalue weighted by Crippen LogP contribution is 2.49. The van der Waals surface area contributed by atoms with Crippen molar-refractivity contribution in [3.05, 3.63) is 47.2 Å². The van der Waals surface area contributed by atoms with Crippen LogP contribution >= 0.6 is 0 Å². The van der Waals surface area contributed by atoms with E-state index in [0.29, 0.717) is 68.5 Å². The molecule has 1 heterocycles. The van der Waals surface area contributed by atoms with E-state index in [9.17, 15) is 4.79 Å². The van der Waals surface area contributed by atoms with E-state index < -0.39 is 25.0 Å². The van der Waals surface area contributed by atoms with Gasteiger partial charge in [-0.25, -0.2) is 4.79 Å². The number of hydrogen-bond acceptors (Lipinski definition) is 6. The Bertz CT molecular complexity index is 1190. The van der Waals surface area contributed by atoms with E-state index in [2.05, 4.69) is 131 Å². The molecule has 0 amide bonds. The molecule has 0 fully saturated rings. The fraction of sp³-hybridized carbons (Fsp3) is 0.786. The van der Waals surface area contributed by atoms with Gasteiger partial charge in [0.2, 0.25) is 25.0 Å². The number of hydrogen-bond donors (Lipinski definition) is 0. The Morgan fingerprint density at radius 1 is 0.608 bits per heavy atom. The van der Waals surface area contributed by atoms with Gasteiger partial charge in [-0.3, -0.25) is 0 Å². The first-order chi connectivity index (χ1) is 23.6. The van der Waals surface area contributed by atoms with Gasteiger partial charge in [-0.2, -0.15) is 0 Å². The summed E-state index contributed by atoms with van der Waals surface area (Å²) in [5.41, 5.74) is 5.46. The molecule has 0 aromatic heterocycles. The molecule has 6 nitrogen and oxygen atoms in total. The van der Waals surface area contributed by atoms with E-state index in [1.54, 1.807) is 0 Å². The number of benzene rings is 1. The monoisotopic (exact) mass is 763 g/mol. The molecule has 0 bridgehead atoms. The number of methoxy groups -OCH3 is 1. The van der Waals surface area contributed by atoms with Gasteiger partial charge in [0.25, 0.3) is 0 Å². The van der Waals surface area contributed by atoms with E-state index in [-0.39, 0.29) is 24.3 Å². The Labute approximate surface area is 317 Å². The average molecular weight is 763 g/mol. The third kappa shape index (κ3) is 9.71. The SMILES string of the molecule is COC(=O)c1ccc(CC2=C[C@@H](O[Si](C(C)C)(C(C)C)C(C)C)[C@@H](O[Si](C(C)C)(C(C)C)C(C)C)[C@@H](CO[Si](C(C)C)(C(C)C)C(C)C)O2)cc1. The highest BCUT2D eigenvalue weighted by Gasteiger charge is 2.54. The summed E-state index contributed by atoms with van der Waals surface area (Å²) in [5, 5.41) is 0. The number of carbonyl (C=O) groups excluding carboxylic acids is 1. The molecule has 51 heavy (non-hydrogen) atoms. The molecule has 0 unspecified atom stereocenters. The summed E-state index contributed by atoms with van der Waals surface area (Å²) >= 11 is 0. The van der Waals surface area contributed by atoms with E-state index >= 15 is 0 Å². The molecule has 1 aromatic carbocycles. The van der Waals surface area contributed by atoms with Crippen molar-refractivity contribution in [1.29, 1.82) is 0 Å². The van der Waals surface area contributed by atoms with Crippen molar-refractivity contribution in [2.75, 3.05) is 13.7 Å². The summed E-state index contributed by atoms with van der Waals surface area (Å²) < 4.78 is 35.1. The molecule has 3 atom stereocenters. The summed E-state index contributed by atoms with van der Waals surface area (Å²) in [5.74, 6) is 0.550. The molecule has 1 aliphatic rings. The summed E-state index contributed by atoms with van der Waals surface area (Å²) in [6.07, 6.45) is 1.95. The quantitative estimate of drug-likeness (QED) is 0.103. The molecule has 294 valence electrons. The normalized spacial score (nSPS) is 19.5. The van der Waals surface area contributed by atoms with Gasteiger partial charge in [0, 0.05) is 6.42 Å². The zero-order valence-electron chi connectivity index (χ0n) is 36.2. The Morgan fingerprint density at radius 3 is 1.37 bits per heavy atom. The summed E-state index contributed by atoms with van der Waals surface area (Å²) in [4.78, 5) is 12.2. The van der Waals surface area contributed by atoms with Crippen LogP contribution in [0.1, 0.15) is 141 Å². The lowest BCUT2D eigenvalue weighted by Gasteiger charge is -2.52. The number of carbonyl (C=O) groups is 1. The van der Waals surface area contributed by atoms with Crippen LogP contribution in [0.3, 0.4) is 0 Å². The van der Waals surface area contributed by atoms with Crippen LogP contribution in [0.5, 0.6) is 0 Å². The van der Waals surface area contributed by atoms with Crippen LogP contribution in [0.25, 0.3) is 0 Å². The second kappa shape index (κ2) is 18.9. The Kier molecular flexibility index (Phi) is 17.0.